The SMILES string of the molecule is Cc1cc(NC(=O)c2ccccc2Br)n(-c2nc(-c3cccs3)cs2)n1. The van der Waals surface area contributed by atoms with Gasteiger partial charge >= 0.3 is 0 Å². The molecule has 3 aromatic heterocycles. The largest absolute Gasteiger partial charge is 0.306 e. The molecule has 1 N–H and O–H groups in total. The van der Waals surface area contributed by atoms with Crippen LogP contribution in [0.25, 0.3) is 15.7 Å². The van der Waals surface area contributed by atoms with Gasteiger partial charge in [-0.3, -0.25) is 4.79 Å². The number of benzene rings is 1. The molecule has 0 unspecified atom stereocenters. The number of aryl methyl sites for hydroxylation is 1. The lowest BCUT2D eigenvalue weighted by Crippen LogP contribution is -2.15. The molecular weight excluding hydrogens is 432 g/mol. The summed E-state index contributed by atoms with van der Waals surface area (Å²) in [4.78, 5) is 18.4. The molecule has 8 heteroatoms. The molecule has 0 aliphatic rings. The van der Waals surface area contributed by atoms with Gasteiger partial charge in [0, 0.05) is 15.9 Å². The molecule has 0 atom stereocenters. The van der Waals surface area contributed by atoms with Crippen LogP contribution in [0.15, 0.2) is 57.7 Å². The number of amides is 1. The Morgan fingerprint density at radius 3 is 2.81 bits per heavy atom. The second kappa shape index (κ2) is 7.14. The minimum Gasteiger partial charge on any atom is -0.306 e. The average Bonchev–Trinajstić information content (AvgIpc) is 3.35. The van der Waals surface area contributed by atoms with Gasteiger partial charge in [0.15, 0.2) is 0 Å². The Kier molecular flexibility index (Phi) is 4.71. The molecule has 0 radical (unpaired) electrons. The van der Waals surface area contributed by atoms with E-state index in [1.165, 1.54) is 11.3 Å². The number of thiazole rings is 1. The molecule has 26 heavy (non-hydrogen) atoms. The highest BCUT2D eigenvalue weighted by Gasteiger charge is 2.16. The summed E-state index contributed by atoms with van der Waals surface area (Å²) in [6.45, 7) is 1.89. The summed E-state index contributed by atoms with van der Waals surface area (Å²) in [6, 6.07) is 13.2. The fraction of sp³-hybridized carbons (Fsp3) is 0.0556. The van der Waals surface area contributed by atoms with Crippen LogP contribution in [0.4, 0.5) is 5.82 Å². The Balaban J connectivity index is 1.65. The first-order valence-electron chi connectivity index (χ1n) is 7.74. The molecule has 130 valence electrons. The minimum absolute atomic E-state index is 0.200. The Morgan fingerprint density at radius 1 is 1.19 bits per heavy atom. The number of carbonyl (C=O) groups is 1. The van der Waals surface area contributed by atoms with Crippen molar-refractivity contribution in [2.45, 2.75) is 6.92 Å². The molecule has 0 saturated heterocycles. The van der Waals surface area contributed by atoms with Gasteiger partial charge in [-0.25, -0.2) is 4.98 Å². The van der Waals surface area contributed by atoms with Gasteiger partial charge in [0.05, 0.1) is 21.8 Å². The number of aromatic nitrogens is 3. The van der Waals surface area contributed by atoms with E-state index in [0.29, 0.717) is 16.5 Å². The fourth-order valence-corrected chi connectivity index (χ4v) is 4.47. The minimum atomic E-state index is -0.200. The number of rotatable bonds is 4. The van der Waals surface area contributed by atoms with E-state index in [1.807, 2.05) is 54.1 Å². The third kappa shape index (κ3) is 3.35. The quantitative estimate of drug-likeness (QED) is 0.459. The number of hydrogen-bond acceptors (Lipinski definition) is 5. The van der Waals surface area contributed by atoms with E-state index >= 15 is 0 Å². The summed E-state index contributed by atoms with van der Waals surface area (Å²) in [5, 5.41) is 12.2. The van der Waals surface area contributed by atoms with E-state index < -0.39 is 0 Å². The smallest absolute Gasteiger partial charge is 0.257 e. The molecule has 3 heterocycles. The van der Waals surface area contributed by atoms with Crippen molar-refractivity contribution >= 4 is 50.3 Å². The number of carbonyl (C=O) groups excluding carboxylic acids is 1. The van der Waals surface area contributed by atoms with E-state index in [1.54, 1.807) is 22.1 Å². The zero-order valence-electron chi connectivity index (χ0n) is 13.6. The molecule has 0 saturated carbocycles. The van der Waals surface area contributed by atoms with Crippen molar-refractivity contribution in [3.05, 3.63) is 69.0 Å². The summed E-state index contributed by atoms with van der Waals surface area (Å²) in [5.41, 5.74) is 2.29. The summed E-state index contributed by atoms with van der Waals surface area (Å²) in [5.74, 6) is 0.393. The molecule has 0 aliphatic heterocycles. The Hall–Kier alpha value is -2.29. The Bertz CT molecular complexity index is 1070. The maximum atomic E-state index is 12.6. The maximum Gasteiger partial charge on any atom is 0.257 e. The lowest BCUT2D eigenvalue weighted by atomic mass is 10.2. The molecule has 4 aromatic rings. The first-order chi connectivity index (χ1) is 12.6. The Labute approximate surface area is 166 Å². The lowest BCUT2D eigenvalue weighted by molar-refractivity contribution is 0.102. The highest BCUT2D eigenvalue weighted by Crippen LogP contribution is 2.29. The zero-order chi connectivity index (χ0) is 18.1. The van der Waals surface area contributed by atoms with Gasteiger partial charge < -0.3 is 5.32 Å². The number of nitrogens with zero attached hydrogens (tertiary/aromatic N) is 3. The monoisotopic (exact) mass is 444 g/mol. The van der Waals surface area contributed by atoms with E-state index in [9.17, 15) is 4.79 Å². The Morgan fingerprint density at radius 2 is 2.04 bits per heavy atom. The first-order valence-corrected chi connectivity index (χ1v) is 10.3. The number of nitrogens with one attached hydrogen (secondary N) is 1. The summed E-state index contributed by atoms with van der Waals surface area (Å²) < 4.78 is 2.42. The summed E-state index contributed by atoms with van der Waals surface area (Å²) >= 11 is 6.54. The second-order valence-electron chi connectivity index (χ2n) is 5.51. The number of thiophene rings is 1. The van der Waals surface area contributed by atoms with Crippen molar-refractivity contribution in [1.29, 1.82) is 0 Å². The summed E-state index contributed by atoms with van der Waals surface area (Å²) in [7, 11) is 0. The van der Waals surface area contributed by atoms with Gasteiger partial charge in [0.25, 0.3) is 5.91 Å². The maximum absolute atomic E-state index is 12.6. The molecular formula is C18H13BrN4OS2. The molecule has 0 aliphatic carbocycles. The zero-order valence-corrected chi connectivity index (χ0v) is 16.9. The first kappa shape index (κ1) is 17.1. The van der Waals surface area contributed by atoms with Crippen molar-refractivity contribution in [1.82, 2.24) is 14.8 Å². The lowest BCUT2D eigenvalue weighted by Gasteiger charge is -2.07. The van der Waals surface area contributed by atoms with Gasteiger partial charge in [-0.2, -0.15) is 9.78 Å². The highest BCUT2D eigenvalue weighted by molar-refractivity contribution is 9.10. The third-order valence-corrected chi connectivity index (χ3v) is 6.04. The van der Waals surface area contributed by atoms with Crippen LogP contribution in [0.5, 0.6) is 0 Å². The van der Waals surface area contributed by atoms with Crippen LogP contribution in [-0.2, 0) is 0 Å². The van der Waals surface area contributed by atoms with Crippen molar-refractivity contribution < 1.29 is 4.79 Å². The van der Waals surface area contributed by atoms with E-state index in [-0.39, 0.29) is 5.91 Å². The normalized spacial score (nSPS) is 10.8. The van der Waals surface area contributed by atoms with Crippen LogP contribution in [0.2, 0.25) is 0 Å². The topological polar surface area (TPSA) is 59.8 Å². The van der Waals surface area contributed by atoms with Crippen LogP contribution in [0.3, 0.4) is 0 Å². The number of anilines is 1. The average molecular weight is 445 g/mol. The van der Waals surface area contributed by atoms with Crippen molar-refractivity contribution in [3.8, 4) is 15.7 Å². The van der Waals surface area contributed by atoms with Crippen LogP contribution in [0, 0.1) is 6.92 Å². The molecule has 0 spiro atoms. The molecule has 1 aromatic carbocycles. The molecule has 5 nitrogen and oxygen atoms in total. The predicted molar refractivity (Wildman–Crippen MR) is 109 cm³/mol. The van der Waals surface area contributed by atoms with Gasteiger partial charge in [-0.05, 0) is 46.4 Å². The standard InChI is InChI=1S/C18H13BrN4OS2/c1-11-9-16(21-17(24)12-5-2-3-6-13(12)19)23(22-11)18-20-14(10-26-18)15-7-4-8-25-15/h2-10H,1H3,(H,21,24). The van der Waals surface area contributed by atoms with E-state index in [2.05, 4.69) is 31.3 Å². The van der Waals surface area contributed by atoms with Crippen LogP contribution in [-0.4, -0.2) is 20.7 Å². The fourth-order valence-electron chi connectivity index (χ4n) is 2.46. The van der Waals surface area contributed by atoms with Crippen molar-refractivity contribution in [2.24, 2.45) is 0 Å². The second-order valence-corrected chi connectivity index (χ2v) is 8.15. The summed E-state index contributed by atoms with van der Waals surface area (Å²) in [6.07, 6.45) is 0. The van der Waals surface area contributed by atoms with E-state index in [4.69, 9.17) is 0 Å². The third-order valence-electron chi connectivity index (χ3n) is 3.64. The molecule has 4 rings (SSSR count). The van der Waals surface area contributed by atoms with Gasteiger partial charge in [-0.1, -0.05) is 18.2 Å². The number of halogens is 1. The van der Waals surface area contributed by atoms with Crippen LogP contribution < -0.4 is 5.32 Å². The molecule has 0 fully saturated rings. The molecule has 0 bridgehead atoms. The van der Waals surface area contributed by atoms with E-state index in [0.717, 1.165) is 20.7 Å². The van der Waals surface area contributed by atoms with Crippen LogP contribution in [0.1, 0.15) is 16.1 Å². The van der Waals surface area contributed by atoms with Crippen LogP contribution >= 0.6 is 38.6 Å². The van der Waals surface area contributed by atoms with Gasteiger partial charge in [0.2, 0.25) is 5.13 Å². The highest BCUT2D eigenvalue weighted by atomic mass is 79.9. The van der Waals surface area contributed by atoms with Gasteiger partial charge in [0.1, 0.15) is 5.82 Å². The molecule has 1 amide bonds. The predicted octanol–water partition coefficient (Wildman–Crippen LogP) is 5.38. The van der Waals surface area contributed by atoms with Crippen molar-refractivity contribution in [2.75, 3.05) is 5.32 Å². The number of hydrogen-bond donors (Lipinski definition) is 1. The van der Waals surface area contributed by atoms with Crippen molar-refractivity contribution in [3.63, 3.8) is 0 Å². The van der Waals surface area contributed by atoms with Gasteiger partial charge in [-0.15, -0.1) is 22.7 Å².